The Morgan fingerprint density at radius 1 is 0.704 bits per heavy atom. The zero-order valence-electron chi connectivity index (χ0n) is 16.3. The van der Waals surface area contributed by atoms with Gasteiger partial charge in [-0.1, -0.05) is 54.6 Å². The summed E-state index contributed by atoms with van der Waals surface area (Å²) in [6.45, 7) is 8.28. The van der Waals surface area contributed by atoms with E-state index in [0.29, 0.717) is 0 Å². The van der Waals surface area contributed by atoms with E-state index < -0.39 is 0 Å². The summed E-state index contributed by atoms with van der Waals surface area (Å²) in [6.07, 6.45) is 1.86. The molecule has 1 aliphatic rings. The molecule has 0 bridgehead atoms. The van der Waals surface area contributed by atoms with Crippen LogP contribution in [0, 0.1) is 0 Å². The highest BCUT2D eigenvalue weighted by atomic mass is 16.7. The van der Waals surface area contributed by atoms with Gasteiger partial charge in [0.25, 0.3) is 0 Å². The van der Waals surface area contributed by atoms with Crippen LogP contribution in [-0.4, -0.2) is 23.3 Å². The van der Waals surface area contributed by atoms with E-state index in [1.807, 2.05) is 42.6 Å². The van der Waals surface area contributed by atoms with Crippen molar-refractivity contribution < 1.29 is 9.31 Å². The molecule has 0 atom stereocenters. The first kappa shape index (κ1) is 18.0. The van der Waals surface area contributed by atoms with Crippen molar-refractivity contribution in [3.05, 3.63) is 72.9 Å². The van der Waals surface area contributed by atoms with Gasteiger partial charge in [-0.2, -0.15) is 0 Å². The van der Waals surface area contributed by atoms with Crippen LogP contribution in [0.4, 0.5) is 0 Å². The molecule has 0 N–H and O–H groups in total. The molecular formula is C23H24BNO2. The molecule has 2 heterocycles. The number of benzene rings is 2. The molecule has 1 fully saturated rings. The minimum atomic E-state index is -0.368. The maximum absolute atomic E-state index is 6.19. The smallest absolute Gasteiger partial charge is 0.399 e. The summed E-state index contributed by atoms with van der Waals surface area (Å²) in [6, 6.07) is 22.8. The quantitative estimate of drug-likeness (QED) is 0.636. The van der Waals surface area contributed by atoms with Crippen LogP contribution < -0.4 is 5.46 Å². The van der Waals surface area contributed by atoms with Crippen molar-refractivity contribution in [1.82, 2.24) is 4.98 Å². The summed E-state index contributed by atoms with van der Waals surface area (Å²) in [7, 11) is -0.368. The predicted molar refractivity (Wildman–Crippen MR) is 111 cm³/mol. The third kappa shape index (κ3) is 3.43. The van der Waals surface area contributed by atoms with Gasteiger partial charge in [-0.3, -0.25) is 4.98 Å². The zero-order chi connectivity index (χ0) is 19.1. The molecule has 3 nitrogen and oxygen atoms in total. The molecule has 136 valence electrons. The Bertz CT molecular complexity index is 937. The van der Waals surface area contributed by atoms with Gasteiger partial charge in [0.2, 0.25) is 0 Å². The van der Waals surface area contributed by atoms with E-state index >= 15 is 0 Å². The highest BCUT2D eigenvalue weighted by molar-refractivity contribution is 6.62. The molecule has 0 saturated carbocycles. The number of rotatable bonds is 3. The minimum Gasteiger partial charge on any atom is -0.399 e. The van der Waals surface area contributed by atoms with E-state index in [2.05, 4.69) is 63.0 Å². The fraction of sp³-hybridized carbons (Fsp3) is 0.261. The van der Waals surface area contributed by atoms with Crippen molar-refractivity contribution >= 4 is 12.6 Å². The van der Waals surface area contributed by atoms with E-state index in [-0.39, 0.29) is 18.3 Å². The lowest BCUT2D eigenvalue weighted by molar-refractivity contribution is 0.00578. The van der Waals surface area contributed by atoms with Crippen molar-refractivity contribution in [3.8, 4) is 22.4 Å². The number of nitrogens with zero attached hydrogens (tertiary/aromatic N) is 1. The summed E-state index contributed by atoms with van der Waals surface area (Å²) in [5.41, 5.74) is 4.65. The standard InChI is InChI=1S/C23H24BNO2/c1-22(2)23(3,4)27-24(26-22)20-12-8-11-19(15-20)21-16-18(13-14-25-21)17-9-6-5-7-10-17/h5-16H,1-4H3. The normalized spacial score (nSPS) is 17.9. The second-order valence-corrected chi connectivity index (χ2v) is 8.01. The summed E-state index contributed by atoms with van der Waals surface area (Å²) in [5, 5.41) is 0. The second kappa shape index (κ2) is 6.63. The Balaban J connectivity index is 1.66. The van der Waals surface area contributed by atoms with Gasteiger partial charge in [0.05, 0.1) is 16.9 Å². The largest absolute Gasteiger partial charge is 0.494 e. The van der Waals surface area contributed by atoms with Crippen molar-refractivity contribution in [3.63, 3.8) is 0 Å². The lowest BCUT2D eigenvalue weighted by atomic mass is 9.78. The Kier molecular flexibility index (Phi) is 4.41. The van der Waals surface area contributed by atoms with Crippen molar-refractivity contribution in [2.24, 2.45) is 0 Å². The average Bonchev–Trinajstić information content (AvgIpc) is 2.90. The molecule has 0 aliphatic carbocycles. The van der Waals surface area contributed by atoms with Crippen LogP contribution in [-0.2, 0) is 9.31 Å². The summed E-state index contributed by atoms with van der Waals surface area (Å²) in [5.74, 6) is 0. The summed E-state index contributed by atoms with van der Waals surface area (Å²) >= 11 is 0. The first-order valence-corrected chi connectivity index (χ1v) is 9.33. The Morgan fingerprint density at radius 3 is 2.07 bits per heavy atom. The highest BCUT2D eigenvalue weighted by Gasteiger charge is 2.51. The second-order valence-electron chi connectivity index (χ2n) is 8.01. The molecule has 2 aromatic carbocycles. The Labute approximate surface area is 161 Å². The fourth-order valence-electron chi connectivity index (χ4n) is 3.22. The Hall–Kier alpha value is -2.43. The van der Waals surface area contributed by atoms with E-state index in [4.69, 9.17) is 9.31 Å². The van der Waals surface area contributed by atoms with Gasteiger partial charge >= 0.3 is 7.12 Å². The van der Waals surface area contributed by atoms with Crippen LogP contribution in [0.2, 0.25) is 0 Å². The van der Waals surface area contributed by atoms with Gasteiger partial charge in [-0.25, -0.2) is 0 Å². The molecule has 1 aromatic heterocycles. The maximum Gasteiger partial charge on any atom is 0.494 e. The average molecular weight is 357 g/mol. The molecule has 3 aromatic rings. The van der Waals surface area contributed by atoms with Crippen LogP contribution >= 0.6 is 0 Å². The highest BCUT2D eigenvalue weighted by Crippen LogP contribution is 2.36. The lowest BCUT2D eigenvalue weighted by Crippen LogP contribution is -2.41. The molecule has 0 unspecified atom stereocenters. The molecule has 1 saturated heterocycles. The number of aromatic nitrogens is 1. The van der Waals surface area contributed by atoms with E-state index in [9.17, 15) is 0 Å². The zero-order valence-corrected chi connectivity index (χ0v) is 16.3. The van der Waals surface area contributed by atoms with Gasteiger partial charge in [-0.05, 0) is 62.0 Å². The molecule has 0 amide bonds. The van der Waals surface area contributed by atoms with E-state index in [0.717, 1.165) is 22.3 Å². The van der Waals surface area contributed by atoms with Gasteiger partial charge in [0.15, 0.2) is 0 Å². The topological polar surface area (TPSA) is 31.4 Å². The third-order valence-electron chi connectivity index (χ3n) is 5.57. The molecular weight excluding hydrogens is 333 g/mol. The van der Waals surface area contributed by atoms with Crippen LogP contribution in [0.5, 0.6) is 0 Å². The van der Waals surface area contributed by atoms with Crippen molar-refractivity contribution in [2.45, 2.75) is 38.9 Å². The first-order valence-electron chi connectivity index (χ1n) is 9.33. The van der Waals surface area contributed by atoms with E-state index in [1.54, 1.807) is 0 Å². The molecule has 0 spiro atoms. The van der Waals surface area contributed by atoms with Gasteiger partial charge in [0.1, 0.15) is 0 Å². The van der Waals surface area contributed by atoms with Crippen LogP contribution in [0.3, 0.4) is 0 Å². The summed E-state index contributed by atoms with van der Waals surface area (Å²) in [4.78, 5) is 4.58. The molecule has 4 rings (SSSR count). The lowest BCUT2D eigenvalue weighted by Gasteiger charge is -2.32. The summed E-state index contributed by atoms with van der Waals surface area (Å²) < 4.78 is 12.4. The molecule has 0 radical (unpaired) electrons. The monoisotopic (exact) mass is 357 g/mol. The van der Waals surface area contributed by atoms with Crippen LogP contribution in [0.1, 0.15) is 27.7 Å². The molecule has 4 heteroatoms. The predicted octanol–water partition coefficient (Wildman–Crippen LogP) is 4.71. The van der Waals surface area contributed by atoms with Crippen molar-refractivity contribution in [2.75, 3.05) is 0 Å². The number of pyridine rings is 1. The first-order chi connectivity index (χ1) is 12.9. The van der Waals surface area contributed by atoms with E-state index in [1.165, 1.54) is 5.56 Å². The third-order valence-corrected chi connectivity index (χ3v) is 5.57. The van der Waals surface area contributed by atoms with Gasteiger partial charge in [-0.15, -0.1) is 0 Å². The van der Waals surface area contributed by atoms with Crippen molar-refractivity contribution in [1.29, 1.82) is 0 Å². The SMILES string of the molecule is CC1(C)OB(c2cccc(-c3cc(-c4ccccc4)ccn3)c2)OC1(C)C. The fourth-order valence-corrected chi connectivity index (χ4v) is 3.22. The van der Waals surface area contributed by atoms with Gasteiger partial charge in [0, 0.05) is 6.20 Å². The van der Waals surface area contributed by atoms with Crippen LogP contribution in [0.25, 0.3) is 22.4 Å². The van der Waals surface area contributed by atoms with Crippen LogP contribution in [0.15, 0.2) is 72.9 Å². The number of hydrogen-bond donors (Lipinski definition) is 0. The minimum absolute atomic E-state index is 0.348. The molecule has 1 aliphatic heterocycles. The maximum atomic E-state index is 6.19. The molecule has 27 heavy (non-hydrogen) atoms. The van der Waals surface area contributed by atoms with Gasteiger partial charge < -0.3 is 9.31 Å². The Morgan fingerprint density at radius 2 is 1.37 bits per heavy atom. The number of hydrogen-bond acceptors (Lipinski definition) is 3.